The number of carbonyl (C=O) groups is 1. The third kappa shape index (κ3) is 2.96. The van der Waals surface area contributed by atoms with Gasteiger partial charge in [-0.05, 0) is 37.8 Å². The number of fused-ring (bicyclic) bond motifs is 1. The first-order valence-electron chi connectivity index (χ1n) is 6.57. The van der Waals surface area contributed by atoms with Gasteiger partial charge in [-0.3, -0.25) is 0 Å². The number of aliphatic hydroxyl groups excluding tert-OH is 2. The van der Waals surface area contributed by atoms with Gasteiger partial charge in [0.15, 0.2) is 0 Å². The van der Waals surface area contributed by atoms with E-state index in [4.69, 9.17) is 4.74 Å². The van der Waals surface area contributed by atoms with Gasteiger partial charge in [0.05, 0.1) is 18.6 Å². The van der Waals surface area contributed by atoms with E-state index in [0.29, 0.717) is 12.0 Å². The van der Waals surface area contributed by atoms with E-state index in [-0.39, 0.29) is 6.61 Å². The van der Waals surface area contributed by atoms with Crippen LogP contribution in [0, 0.1) is 5.92 Å². The van der Waals surface area contributed by atoms with Crippen molar-refractivity contribution in [2.45, 2.75) is 38.4 Å². The van der Waals surface area contributed by atoms with E-state index in [9.17, 15) is 15.0 Å². The number of rotatable bonds is 1. The maximum Gasteiger partial charge on any atom is 0.334 e. The molecule has 0 aromatic rings. The molecule has 4 heteroatoms. The molecule has 1 fully saturated rings. The molecule has 0 aromatic carbocycles. The van der Waals surface area contributed by atoms with Crippen molar-refractivity contribution in [3.63, 3.8) is 0 Å². The van der Waals surface area contributed by atoms with E-state index < -0.39 is 24.1 Å². The number of carbonyl (C=O) groups excluding carboxylic acids is 1. The van der Waals surface area contributed by atoms with Crippen LogP contribution in [0.3, 0.4) is 0 Å². The van der Waals surface area contributed by atoms with Crippen LogP contribution in [0.1, 0.15) is 26.2 Å². The zero-order chi connectivity index (χ0) is 14.0. The Labute approximate surface area is 113 Å². The summed E-state index contributed by atoms with van der Waals surface area (Å²) < 4.78 is 5.24. The van der Waals surface area contributed by atoms with Crippen molar-refractivity contribution < 1.29 is 19.7 Å². The molecule has 2 aliphatic rings. The number of hydrogen-bond donors (Lipinski definition) is 2. The molecule has 3 atom stereocenters. The lowest BCUT2D eigenvalue weighted by Crippen LogP contribution is -2.29. The Kier molecular flexibility index (Phi) is 4.22. The van der Waals surface area contributed by atoms with Gasteiger partial charge < -0.3 is 14.9 Å². The van der Waals surface area contributed by atoms with Gasteiger partial charge in [-0.25, -0.2) is 4.79 Å². The third-order valence-electron chi connectivity index (χ3n) is 3.77. The second-order valence-corrected chi connectivity index (χ2v) is 5.26. The minimum atomic E-state index is -0.686. The molecule has 1 saturated heterocycles. The molecule has 19 heavy (non-hydrogen) atoms. The Morgan fingerprint density at radius 1 is 1.53 bits per heavy atom. The van der Waals surface area contributed by atoms with Crippen molar-refractivity contribution in [2.75, 3.05) is 6.61 Å². The minimum Gasteiger partial charge on any atom is -0.454 e. The van der Waals surface area contributed by atoms with Crippen LogP contribution in [0.15, 0.2) is 35.5 Å². The first-order valence-corrected chi connectivity index (χ1v) is 6.57. The topological polar surface area (TPSA) is 66.8 Å². The van der Waals surface area contributed by atoms with Crippen molar-refractivity contribution in [1.82, 2.24) is 0 Å². The van der Waals surface area contributed by atoms with E-state index >= 15 is 0 Å². The first-order chi connectivity index (χ1) is 9.02. The molecule has 1 aliphatic heterocycles. The summed E-state index contributed by atoms with van der Waals surface area (Å²) in [7, 11) is 0. The minimum absolute atomic E-state index is 0.0593. The summed E-state index contributed by atoms with van der Waals surface area (Å²) in [5, 5.41) is 19.6. The summed E-state index contributed by atoms with van der Waals surface area (Å²) in [6, 6.07) is 0. The Morgan fingerprint density at radius 2 is 2.26 bits per heavy atom. The smallest absolute Gasteiger partial charge is 0.334 e. The SMILES string of the molecule is C=C1C(=O)O[C@@H]2/C=C(\CO)CC/C=C(\C)C[C@H](O)[C@H]12. The van der Waals surface area contributed by atoms with Gasteiger partial charge in [0.25, 0.3) is 0 Å². The van der Waals surface area contributed by atoms with E-state index in [1.54, 1.807) is 6.08 Å². The van der Waals surface area contributed by atoms with Gasteiger partial charge in [0, 0.05) is 5.57 Å². The lowest BCUT2D eigenvalue weighted by Gasteiger charge is -2.23. The molecular weight excluding hydrogens is 244 g/mol. The van der Waals surface area contributed by atoms with Crippen molar-refractivity contribution in [2.24, 2.45) is 5.92 Å². The van der Waals surface area contributed by atoms with Gasteiger partial charge in [-0.2, -0.15) is 0 Å². The van der Waals surface area contributed by atoms with E-state index in [1.165, 1.54) is 0 Å². The number of ether oxygens (including phenoxy) is 1. The fraction of sp³-hybridized carbons (Fsp3) is 0.533. The number of hydrogen-bond acceptors (Lipinski definition) is 4. The van der Waals surface area contributed by atoms with E-state index in [0.717, 1.165) is 24.0 Å². The molecule has 0 radical (unpaired) electrons. The second-order valence-electron chi connectivity index (χ2n) is 5.26. The predicted molar refractivity (Wildman–Crippen MR) is 71.3 cm³/mol. The normalized spacial score (nSPS) is 37.7. The summed E-state index contributed by atoms with van der Waals surface area (Å²) in [6.45, 7) is 5.63. The number of esters is 1. The Bertz CT molecular complexity index is 447. The molecule has 1 aliphatic carbocycles. The average molecular weight is 264 g/mol. The zero-order valence-electron chi connectivity index (χ0n) is 11.1. The molecule has 0 unspecified atom stereocenters. The van der Waals surface area contributed by atoms with E-state index in [2.05, 4.69) is 12.7 Å². The van der Waals surface area contributed by atoms with Crippen molar-refractivity contribution >= 4 is 5.97 Å². The number of aliphatic hydroxyl groups is 2. The Hall–Kier alpha value is -1.39. The van der Waals surface area contributed by atoms with Gasteiger partial charge in [0.1, 0.15) is 6.10 Å². The molecule has 1 heterocycles. The highest BCUT2D eigenvalue weighted by Gasteiger charge is 2.41. The van der Waals surface area contributed by atoms with Crippen LogP contribution < -0.4 is 0 Å². The molecule has 104 valence electrons. The summed E-state index contributed by atoms with van der Waals surface area (Å²) in [6.07, 6.45) is 4.69. The molecule has 0 bridgehead atoms. The molecule has 0 saturated carbocycles. The fourth-order valence-corrected chi connectivity index (χ4v) is 2.69. The van der Waals surface area contributed by atoms with Crippen LogP contribution in [-0.4, -0.2) is 35.0 Å². The maximum atomic E-state index is 11.6. The van der Waals surface area contributed by atoms with Crippen LogP contribution in [0.2, 0.25) is 0 Å². The Morgan fingerprint density at radius 3 is 2.95 bits per heavy atom. The van der Waals surface area contributed by atoms with Crippen molar-refractivity contribution in [1.29, 1.82) is 0 Å². The highest BCUT2D eigenvalue weighted by molar-refractivity contribution is 5.91. The summed E-state index contributed by atoms with van der Waals surface area (Å²) >= 11 is 0. The summed E-state index contributed by atoms with van der Waals surface area (Å²) in [5.74, 6) is -0.876. The van der Waals surface area contributed by atoms with Crippen LogP contribution >= 0.6 is 0 Å². The van der Waals surface area contributed by atoms with Crippen LogP contribution in [0.25, 0.3) is 0 Å². The highest BCUT2D eigenvalue weighted by atomic mass is 16.6. The molecule has 2 N–H and O–H groups in total. The van der Waals surface area contributed by atoms with Crippen LogP contribution in [0.5, 0.6) is 0 Å². The van der Waals surface area contributed by atoms with Crippen molar-refractivity contribution in [3.8, 4) is 0 Å². The van der Waals surface area contributed by atoms with Gasteiger partial charge in [-0.1, -0.05) is 18.2 Å². The summed E-state index contributed by atoms with van der Waals surface area (Å²) in [5.41, 5.74) is 2.23. The van der Waals surface area contributed by atoms with Crippen LogP contribution in [0.4, 0.5) is 0 Å². The highest BCUT2D eigenvalue weighted by Crippen LogP contribution is 2.34. The lowest BCUT2D eigenvalue weighted by atomic mass is 9.85. The summed E-state index contributed by atoms with van der Waals surface area (Å²) in [4.78, 5) is 11.6. The van der Waals surface area contributed by atoms with E-state index in [1.807, 2.05) is 6.92 Å². The van der Waals surface area contributed by atoms with Gasteiger partial charge >= 0.3 is 5.97 Å². The average Bonchev–Trinajstić information content (AvgIpc) is 2.63. The lowest BCUT2D eigenvalue weighted by molar-refractivity contribution is -0.137. The number of allylic oxidation sites excluding steroid dienone is 1. The monoisotopic (exact) mass is 264 g/mol. The van der Waals surface area contributed by atoms with Crippen LogP contribution in [-0.2, 0) is 9.53 Å². The molecule has 4 nitrogen and oxygen atoms in total. The molecule has 0 amide bonds. The standard InChI is InChI=1S/C15H20O4/c1-9-4-3-5-11(8-16)7-13-14(12(17)6-9)10(2)15(18)19-13/h4,7,12-14,16-17H,2-3,5-6,8H2,1H3/b9-4+,11-7-/t12-,13+,14-/m0/s1. The molecule has 2 rings (SSSR count). The Balaban J connectivity index is 2.34. The first kappa shape index (κ1) is 14.0. The quantitative estimate of drug-likeness (QED) is 0.428. The molecular formula is C15H20O4. The largest absolute Gasteiger partial charge is 0.454 e. The van der Waals surface area contributed by atoms with Gasteiger partial charge in [0.2, 0.25) is 0 Å². The fourth-order valence-electron chi connectivity index (χ4n) is 2.69. The maximum absolute atomic E-state index is 11.6. The second kappa shape index (κ2) is 5.72. The zero-order valence-corrected chi connectivity index (χ0v) is 11.1. The van der Waals surface area contributed by atoms with Crippen molar-refractivity contribution in [3.05, 3.63) is 35.5 Å². The molecule has 0 aromatic heterocycles. The van der Waals surface area contributed by atoms with Gasteiger partial charge in [-0.15, -0.1) is 0 Å². The predicted octanol–water partition coefficient (Wildman–Crippen LogP) is 1.49. The third-order valence-corrected chi connectivity index (χ3v) is 3.77. The molecule has 0 spiro atoms.